The van der Waals surface area contributed by atoms with Gasteiger partial charge < -0.3 is 9.69 Å². The monoisotopic (exact) mass is 235 g/mol. The lowest BCUT2D eigenvalue weighted by Gasteiger charge is -2.30. The van der Waals surface area contributed by atoms with E-state index in [1.165, 1.54) is 12.1 Å². The number of amides is 1. The van der Waals surface area contributed by atoms with Crippen molar-refractivity contribution in [3.63, 3.8) is 0 Å². The molecular weight excluding hydrogens is 221 g/mol. The van der Waals surface area contributed by atoms with E-state index < -0.39 is 5.82 Å². The average Bonchev–Trinajstić information content (AvgIpc) is 2.38. The van der Waals surface area contributed by atoms with Crippen LogP contribution in [0.4, 0.5) is 4.39 Å². The molecule has 1 amide bonds. The highest BCUT2D eigenvalue weighted by Gasteiger charge is 2.25. The third kappa shape index (κ3) is 2.52. The maximum atomic E-state index is 13.5. The molecule has 0 N–H and O–H groups in total. The molecule has 0 aliphatic carbocycles. The van der Waals surface area contributed by atoms with Gasteiger partial charge in [0.15, 0.2) is 0 Å². The lowest BCUT2D eigenvalue weighted by molar-refractivity contribution is -0.112. The van der Waals surface area contributed by atoms with Crippen molar-refractivity contribution in [3.8, 4) is 0 Å². The first-order chi connectivity index (χ1) is 8.22. The Labute approximate surface area is 99.2 Å². The summed E-state index contributed by atoms with van der Waals surface area (Å²) < 4.78 is 13.5. The quantitative estimate of drug-likeness (QED) is 0.734. The summed E-state index contributed by atoms with van der Waals surface area (Å²) in [5.41, 5.74) is 0.0825. The van der Waals surface area contributed by atoms with E-state index in [1.54, 1.807) is 17.0 Å². The summed E-state index contributed by atoms with van der Waals surface area (Å²) in [6, 6.07) is 5.94. The van der Waals surface area contributed by atoms with Gasteiger partial charge in [-0.1, -0.05) is 12.1 Å². The molecule has 1 aliphatic rings. The molecule has 2 rings (SSSR count). The minimum Gasteiger partial charge on any atom is -0.338 e. The Hall–Kier alpha value is -1.71. The first-order valence-electron chi connectivity index (χ1n) is 5.71. The highest BCUT2D eigenvalue weighted by molar-refractivity contribution is 5.94. The van der Waals surface area contributed by atoms with Crippen LogP contribution in [0.25, 0.3) is 0 Å². The third-order valence-corrected chi connectivity index (χ3v) is 3.04. The number of rotatable bonds is 2. The summed E-state index contributed by atoms with van der Waals surface area (Å²) in [5.74, 6) is -0.945. The van der Waals surface area contributed by atoms with Crippen LogP contribution < -0.4 is 0 Å². The maximum Gasteiger partial charge on any atom is 0.256 e. The van der Waals surface area contributed by atoms with Crippen LogP contribution in [0.5, 0.6) is 0 Å². The van der Waals surface area contributed by atoms with Gasteiger partial charge in [0.25, 0.3) is 5.91 Å². The minimum absolute atomic E-state index is 0.0825. The topological polar surface area (TPSA) is 37.4 Å². The van der Waals surface area contributed by atoms with E-state index in [-0.39, 0.29) is 17.4 Å². The second-order valence-electron chi connectivity index (χ2n) is 4.27. The highest BCUT2D eigenvalue weighted by atomic mass is 19.1. The Balaban J connectivity index is 2.15. The van der Waals surface area contributed by atoms with Gasteiger partial charge in [-0.05, 0) is 25.0 Å². The molecule has 90 valence electrons. The number of benzene rings is 1. The predicted octanol–water partition coefficient (Wildman–Crippen LogP) is 1.88. The molecular formula is C13H14FNO2. The number of halogens is 1. The van der Waals surface area contributed by atoms with E-state index in [9.17, 15) is 14.0 Å². The lowest BCUT2D eigenvalue weighted by atomic mass is 9.99. The molecule has 0 bridgehead atoms. The second-order valence-corrected chi connectivity index (χ2v) is 4.27. The van der Waals surface area contributed by atoms with Gasteiger partial charge in [0, 0.05) is 19.0 Å². The Bertz CT molecular complexity index is 433. The molecule has 0 saturated carbocycles. The van der Waals surface area contributed by atoms with Gasteiger partial charge in [-0.3, -0.25) is 4.79 Å². The molecule has 1 aliphatic heterocycles. The molecule has 1 atom stereocenters. The van der Waals surface area contributed by atoms with Gasteiger partial charge in [-0.15, -0.1) is 0 Å². The summed E-state index contributed by atoms with van der Waals surface area (Å²) in [5, 5.41) is 0. The normalized spacial score (nSPS) is 20.1. The van der Waals surface area contributed by atoms with E-state index >= 15 is 0 Å². The van der Waals surface area contributed by atoms with Crippen molar-refractivity contribution >= 4 is 12.2 Å². The smallest absolute Gasteiger partial charge is 0.256 e. The van der Waals surface area contributed by atoms with Crippen LogP contribution >= 0.6 is 0 Å². The fraction of sp³-hybridized carbons (Fsp3) is 0.385. The number of nitrogens with zero attached hydrogens (tertiary/aromatic N) is 1. The number of carbonyl (C=O) groups is 2. The molecule has 1 fully saturated rings. The highest BCUT2D eigenvalue weighted by Crippen LogP contribution is 2.18. The van der Waals surface area contributed by atoms with Crippen LogP contribution in [0.1, 0.15) is 23.2 Å². The molecule has 0 aromatic heterocycles. The summed E-state index contributed by atoms with van der Waals surface area (Å²) >= 11 is 0. The summed E-state index contributed by atoms with van der Waals surface area (Å²) in [6.07, 6.45) is 2.48. The van der Waals surface area contributed by atoms with E-state index in [4.69, 9.17) is 0 Å². The van der Waals surface area contributed by atoms with E-state index in [1.807, 2.05) is 0 Å². The number of hydrogen-bond acceptors (Lipinski definition) is 2. The average molecular weight is 235 g/mol. The number of piperidine rings is 1. The molecule has 1 aromatic rings. The zero-order valence-corrected chi connectivity index (χ0v) is 9.43. The lowest BCUT2D eigenvalue weighted by Crippen LogP contribution is -2.40. The molecule has 0 spiro atoms. The number of likely N-dealkylation sites (tertiary alicyclic amines) is 1. The molecule has 1 saturated heterocycles. The van der Waals surface area contributed by atoms with Crippen molar-refractivity contribution in [1.29, 1.82) is 0 Å². The van der Waals surface area contributed by atoms with E-state index in [2.05, 4.69) is 0 Å². The fourth-order valence-corrected chi connectivity index (χ4v) is 2.11. The van der Waals surface area contributed by atoms with Crippen LogP contribution in [0.15, 0.2) is 24.3 Å². The van der Waals surface area contributed by atoms with Gasteiger partial charge in [-0.25, -0.2) is 4.39 Å². The molecule has 1 aromatic carbocycles. The Morgan fingerprint density at radius 1 is 1.41 bits per heavy atom. The Kier molecular flexibility index (Phi) is 3.52. The second kappa shape index (κ2) is 5.08. The molecule has 1 heterocycles. The fourth-order valence-electron chi connectivity index (χ4n) is 2.11. The van der Waals surface area contributed by atoms with Crippen molar-refractivity contribution in [3.05, 3.63) is 35.6 Å². The van der Waals surface area contributed by atoms with Crippen molar-refractivity contribution < 1.29 is 14.0 Å². The van der Waals surface area contributed by atoms with Gasteiger partial charge in [0.05, 0.1) is 5.56 Å². The molecule has 3 nitrogen and oxygen atoms in total. The van der Waals surface area contributed by atoms with E-state index in [0.717, 1.165) is 19.1 Å². The number of hydrogen-bond donors (Lipinski definition) is 0. The Morgan fingerprint density at radius 2 is 2.18 bits per heavy atom. The number of carbonyl (C=O) groups excluding carboxylic acids is 2. The van der Waals surface area contributed by atoms with Crippen LogP contribution in [-0.4, -0.2) is 30.2 Å². The van der Waals surface area contributed by atoms with Gasteiger partial charge >= 0.3 is 0 Å². The largest absolute Gasteiger partial charge is 0.338 e. The summed E-state index contributed by atoms with van der Waals surface area (Å²) in [7, 11) is 0. The molecule has 17 heavy (non-hydrogen) atoms. The van der Waals surface area contributed by atoms with Gasteiger partial charge in [0.1, 0.15) is 12.1 Å². The molecule has 4 heteroatoms. The van der Waals surface area contributed by atoms with Crippen LogP contribution in [0.3, 0.4) is 0 Å². The third-order valence-electron chi connectivity index (χ3n) is 3.04. The molecule has 1 unspecified atom stereocenters. The SMILES string of the molecule is O=CC1CCCN(C(=O)c2ccccc2F)C1. The summed E-state index contributed by atoms with van der Waals surface area (Å²) in [4.78, 5) is 24.3. The first-order valence-corrected chi connectivity index (χ1v) is 5.71. The van der Waals surface area contributed by atoms with Crippen LogP contribution in [-0.2, 0) is 4.79 Å². The van der Waals surface area contributed by atoms with Crippen LogP contribution in [0, 0.1) is 11.7 Å². The zero-order chi connectivity index (χ0) is 12.3. The van der Waals surface area contributed by atoms with Crippen LogP contribution in [0.2, 0.25) is 0 Å². The van der Waals surface area contributed by atoms with Crippen molar-refractivity contribution in [2.24, 2.45) is 5.92 Å². The van der Waals surface area contributed by atoms with Gasteiger partial charge in [-0.2, -0.15) is 0 Å². The predicted molar refractivity (Wildman–Crippen MR) is 61.1 cm³/mol. The van der Waals surface area contributed by atoms with Crippen molar-refractivity contribution in [1.82, 2.24) is 4.90 Å². The maximum absolute atomic E-state index is 13.5. The minimum atomic E-state index is -0.509. The van der Waals surface area contributed by atoms with Gasteiger partial charge in [0.2, 0.25) is 0 Å². The van der Waals surface area contributed by atoms with Crippen molar-refractivity contribution in [2.75, 3.05) is 13.1 Å². The first kappa shape index (κ1) is 11.8. The zero-order valence-electron chi connectivity index (χ0n) is 9.43. The summed E-state index contributed by atoms with van der Waals surface area (Å²) in [6.45, 7) is 0.994. The standard InChI is InChI=1S/C13H14FNO2/c14-12-6-2-1-5-11(12)13(17)15-7-3-4-10(8-15)9-16/h1-2,5-6,9-10H,3-4,7-8H2. The number of aldehydes is 1. The molecule has 0 radical (unpaired) electrons. The Morgan fingerprint density at radius 3 is 2.88 bits per heavy atom. The van der Waals surface area contributed by atoms with E-state index in [0.29, 0.717) is 13.1 Å². The van der Waals surface area contributed by atoms with Crippen molar-refractivity contribution in [2.45, 2.75) is 12.8 Å².